The molecule has 0 spiro atoms. The van der Waals surface area contributed by atoms with Gasteiger partial charge in [-0.1, -0.05) is 63.2 Å². The van der Waals surface area contributed by atoms with Gasteiger partial charge in [0.2, 0.25) is 17.7 Å². The highest BCUT2D eigenvalue weighted by molar-refractivity contribution is 6.74. The minimum atomic E-state index is -2.12. The van der Waals surface area contributed by atoms with Crippen LogP contribution in [-0.4, -0.2) is 24.9 Å². The van der Waals surface area contributed by atoms with E-state index in [2.05, 4.69) is 33.9 Å². The van der Waals surface area contributed by atoms with Crippen molar-refractivity contribution in [2.24, 2.45) is 0 Å². The Morgan fingerprint density at radius 2 is 1.81 bits per heavy atom. The highest BCUT2D eigenvalue weighted by Gasteiger charge is 2.37. The number of fused-ring (bicyclic) bond motifs is 1. The Bertz CT molecular complexity index is 1190. The van der Waals surface area contributed by atoms with Crippen LogP contribution in [0.1, 0.15) is 43.8 Å². The Hall–Kier alpha value is -2.97. The average Bonchev–Trinajstić information content (AvgIpc) is 2.71. The zero-order valence-electron chi connectivity index (χ0n) is 19.0. The molecule has 0 unspecified atom stereocenters. The molecule has 1 aromatic heterocycles. The maximum Gasteiger partial charge on any atom is 0.227 e. The van der Waals surface area contributed by atoms with E-state index in [4.69, 9.17) is 8.84 Å². The van der Waals surface area contributed by atoms with Crippen molar-refractivity contribution >= 4 is 19.1 Å². The molecule has 1 heterocycles. The number of benzene rings is 2. The van der Waals surface area contributed by atoms with Crippen molar-refractivity contribution in [3.8, 4) is 5.75 Å². The first-order valence-electron chi connectivity index (χ1n) is 10.5. The van der Waals surface area contributed by atoms with Gasteiger partial charge in [-0.15, -0.1) is 0 Å². The van der Waals surface area contributed by atoms with Crippen molar-refractivity contribution in [1.29, 1.82) is 0 Å². The number of nitro groups is 1. The highest BCUT2D eigenvalue weighted by atomic mass is 28.4. The van der Waals surface area contributed by atoms with Crippen LogP contribution in [0.25, 0.3) is 10.8 Å². The molecule has 0 aliphatic carbocycles. The second-order valence-corrected chi connectivity index (χ2v) is 14.3. The maximum atomic E-state index is 12.5. The molecule has 0 aliphatic heterocycles. The summed E-state index contributed by atoms with van der Waals surface area (Å²) in [6.07, 6.45) is 0. The third kappa shape index (κ3) is 4.92. The standard InChI is InChI=1S/C24H29NO6Si/c1-24(2,3)32(4,5)30-15-17-13-21(26)22(27)23(31-17)20(14-25(28)29)19-12-8-10-16-9-6-7-11-18(16)19/h6-13,20,27H,14-15H2,1-5H3/t20-/m1/s1. The van der Waals surface area contributed by atoms with Crippen LogP contribution in [0, 0.1) is 10.1 Å². The van der Waals surface area contributed by atoms with Crippen LogP contribution >= 0.6 is 0 Å². The summed E-state index contributed by atoms with van der Waals surface area (Å²) < 4.78 is 12.1. The summed E-state index contributed by atoms with van der Waals surface area (Å²) >= 11 is 0. The highest BCUT2D eigenvalue weighted by Crippen LogP contribution is 2.38. The lowest BCUT2D eigenvalue weighted by Crippen LogP contribution is -2.40. The Morgan fingerprint density at radius 1 is 1.16 bits per heavy atom. The number of nitrogens with zero attached hydrogens (tertiary/aromatic N) is 1. The smallest absolute Gasteiger partial charge is 0.227 e. The van der Waals surface area contributed by atoms with E-state index >= 15 is 0 Å². The molecule has 170 valence electrons. The summed E-state index contributed by atoms with van der Waals surface area (Å²) in [5, 5.41) is 23.7. The second kappa shape index (κ2) is 8.88. The number of aromatic hydroxyl groups is 1. The molecule has 0 saturated carbocycles. The van der Waals surface area contributed by atoms with Crippen LogP contribution in [0.5, 0.6) is 5.75 Å². The fourth-order valence-corrected chi connectivity index (χ4v) is 4.29. The molecule has 7 nitrogen and oxygen atoms in total. The van der Waals surface area contributed by atoms with Crippen molar-refractivity contribution in [2.75, 3.05) is 6.54 Å². The molecule has 0 aliphatic rings. The largest absolute Gasteiger partial charge is 0.502 e. The Labute approximate surface area is 187 Å². The quantitative estimate of drug-likeness (QED) is 0.289. The third-order valence-electron chi connectivity index (χ3n) is 6.23. The third-order valence-corrected chi connectivity index (χ3v) is 10.7. The van der Waals surface area contributed by atoms with E-state index in [1.807, 2.05) is 30.3 Å². The Balaban J connectivity index is 2.09. The molecule has 0 radical (unpaired) electrons. The molecule has 0 amide bonds. The van der Waals surface area contributed by atoms with Gasteiger partial charge >= 0.3 is 0 Å². The van der Waals surface area contributed by atoms with Crippen molar-refractivity contribution in [3.05, 3.63) is 86.0 Å². The lowest BCUT2D eigenvalue weighted by Gasteiger charge is -2.35. The predicted molar refractivity (Wildman–Crippen MR) is 126 cm³/mol. The lowest BCUT2D eigenvalue weighted by atomic mass is 9.91. The molecule has 0 bridgehead atoms. The number of hydrogen-bond acceptors (Lipinski definition) is 6. The maximum absolute atomic E-state index is 12.5. The zero-order valence-corrected chi connectivity index (χ0v) is 20.0. The molecule has 2 aromatic carbocycles. The summed E-state index contributed by atoms with van der Waals surface area (Å²) in [4.78, 5) is 23.6. The minimum Gasteiger partial charge on any atom is -0.502 e. The first-order chi connectivity index (χ1) is 14.9. The SMILES string of the molecule is CC(C)(C)[Si](C)(C)OCc1cc(=O)c(O)c([C@H](C[N+](=O)[O-])c2cccc3ccccc23)o1. The fraction of sp³-hybridized carbons (Fsp3) is 0.375. The monoisotopic (exact) mass is 455 g/mol. The summed E-state index contributed by atoms with van der Waals surface area (Å²) in [5.41, 5.74) is -0.0330. The average molecular weight is 456 g/mol. The summed E-state index contributed by atoms with van der Waals surface area (Å²) in [6, 6.07) is 14.1. The summed E-state index contributed by atoms with van der Waals surface area (Å²) in [5.74, 6) is -1.42. The van der Waals surface area contributed by atoms with E-state index < -0.39 is 36.9 Å². The number of rotatable bonds is 7. The van der Waals surface area contributed by atoms with E-state index in [0.717, 1.165) is 10.8 Å². The molecule has 32 heavy (non-hydrogen) atoms. The molecule has 1 atom stereocenters. The fourth-order valence-electron chi connectivity index (χ4n) is 3.36. The van der Waals surface area contributed by atoms with Crippen molar-refractivity contribution in [1.82, 2.24) is 0 Å². The van der Waals surface area contributed by atoms with Crippen LogP contribution in [0.2, 0.25) is 18.1 Å². The van der Waals surface area contributed by atoms with Gasteiger partial charge < -0.3 is 13.9 Å². The van der Waals surface area contributed by atoms with Crippen molar-refractivity contribution < 1.29 is 18.9 Å². The zero-order chi connectivity index (χ0) is 23.7. The second-order valence-electron chi connectivity index (χ2n) is 9.48. The molecule has 8 heteroatoms. The number of hydrogen-bond donors (Lipinski definition) is 1. The normalized spacial score (nSPS) is 13.3. The van der Waals surface area contributed by atoms with E-state index in [0.29, 0.717) is 5.56 Å². The summed E-state index contributed by atoms with van der Waals surface area (Å²) in [6.45, 7) is 9.99. The molecule has 3 aromatic rings. The van der Waals surface area contributed by atoms with Gasteiger partial charge in [0.15, 0.2) is 14.1 Å². The topological polar surface area (TPSA) is 103 Å². The molecular formula is C24H29NO6Si. The van der Waals surface area contributed by atoms with Gasteiger partial charge in [-0.25, -0.2) is 0 Å². The van der Waals surface area contributed by atoms with E-state index in [1.165, 1.54) is 6.07 Å². The van der Waals surface area contributed by atoms with Gasteiger partial charge in [0.1, 0.15) is 11.7 Å². The molecule has 1 N–H and O–H groups in total. The van der Waals surface area contributed by atoms with Crippen LogP contribution in [0.4, 0.5) is 0 Å². The Kier molecular flexibility index (Phi) is 6.57. The van der Waals surface area contributed by atoms with Crippen molar-refractivity contribution in [2.45, 2.75) is 51.4 Å². The summed E-state index contributed by atoms with van der Waals surface area (Å²) in [7, 11) is -2.12. The van der Waals surface area contributed by atoms with Crippen LogP contribution < -0.4 is 5.43 Å². The molecule has 0 saturated heterocycles. The molecule has 3 rings (SSSR count). The van der Waals surface area contributed by atoms with Crippen LogP contribution in [0.3, 0.4) is 0 Å². The first-order valence-corrected chi connectivity index (χ1v) is 13.4. The van der Waals surface area contributed by atoms with E-state index in [9.17, 15) is 20.0 Å². The van der Waals surface area contributed by atoms with Gasteiger partial charge in [0.25, 0.3) is 0 Å². The van der Waals surface area contributed by atoms with Gasteiger partial charge in [0.05, 0.1) is 6.61 Å². The molecule has 0 fully saturated rings. The van der Waals surface area contributed by atoms with Crippen molar-refractivity contribution in [3.63, 3.8) is 0 Å². The van der Waals surface area contributed by atoms with Gasteiger partial charge in [-0.3, -0.25) is 14.9 Å². The lowest BCUT2D eigenvalue weighted by molar-refractivity contribution is -0.482. The Morgan fingerprint density at radius 3 is 2.47 bits per heavy atom. The van der Waals surface area contributed by atoms with E-state index in [1.54, 1.807) is 12.1 Å². The van der Waals surface area contributed by atoms with Gasteiger partial charge in [0, 0.05) is 11.0 Å². The first kappa shape index (κ1) is 23.7. The van der Waals surface area contributed by atoms with Gasteiger partial charge in [-0.2, -0.15) is 0 Å². The minimum absolute atomic E-state index is 0.0375. The van der Waals surface area contributed by atoms with Crippen LogP contribution in [0.15, 0.2) is 57.7 Å². The van der Waals surface area contributed by atoms with E-state index in [-0.39, 0.29) is 23.2 Å². The van der Waals surface area contributed by atoms with Crippen LogP contribution in [-0.2, 0) is 11.0 Å². The van der Waals surface area contributed by atoms with Gasteiger partial charge in [-0.05, 0) is 34.5 Å². The predicted octanol–water partition coefficient (Wildman–Crippen LogP) is 5.43. The molecular weight excluding hydrogens is 426 g/mol.